The largest absolute Gasteiger partial charge is 0.480 e. The van der Waals surface area contributed by atoms with Gasteiger partial charge in [-0.2, -0.15) is 0 Å². The molecule has 2 atom stereocenters. The number of anilines is 1. The molecule has 1 aliphatic heterocycles. The van der Waals surface area contributed by atoms with Crippen molar-refractivity contribution < 1.29 is 24.5 Å². The van der Waals surface area contributed by atoms with Crippen molar-refractivity contribution in [3.05, 3.63) is 59.3 Å². The van der Waals surface area contributed by atoms with E-state index in [0.717, 1.165) is 56.6 Å². The molecule has 0 bridgehead atoms. The number of aliphatic hydroxyl groups is 1. The highest BCUT2D eigenvalue weighted by atomic mass is 16.5. The standard InChI is InChI=1S/C27H35N3O5/c31-17-23(19-5-2-1-3-6-19)26(32)30-24(27(33)34)12-14-35-22-15-18(16-22)8-10-21-11-9-20-7-4-13-28-25(20)29-21/h1-3,5-6,9,11,18,22-24,31H,4,7-8,10,12-17H2,(H,28,29)(H,30,32)(H,33,34)/t18-,22-,23-,24-/m0/s1. The molecule has 8 nitrogen and oxygen atoms in total. The van der Waals surface area contributed by atoms with Crippen LogP contribution in [0.3, 0.4) is 0 Å². The van der Waals surface area contributed by atoms with Crippen molar-refractivity contribution in [3.63, 3.8) is 0 Å². The van der Waals surface area contributed by atoms with Gasteiger partial charge in [-0.3, -0.25) is 4.79 Å². The second-order valence-corrected chi connectivity index (χ2v) is 9.54. The van der Waals surface area contributed by atoms with Crippen molar-refractivity contribution in [1.82, 2.24) is 10.3 Å². The molecule has 4 rings (SSSR count). The van der Waals surface area contributed by atoms with E-state index in [1.165, 1.54) is 5.56 Å². The summed E-state index contributed by atoms with van der Waals surface area (Å²) in [5, 5.41) is 25.1. The number of aliphatic carboxylic acids is 1. The van der Waals surface area contributed by atoms with E-state index >= 15 is 0 Å². The Hall–Kier alpha value is -2.97. The van der Waals surface area contributed by atoms with E-state index in [1.807, 2.05) is 6.07 Å². The van der Waals surface area contributed by atoms with Gasteiger partial charge in [0.1, 0.15) is 11.9 Å². The van der Waals surface area contributed by atoms with Crippen LogP contribution in [0.2, 0.25) is 0 Å². The zero-order valence-corrected chi connectivity index (χ0v) is 20.0. The van der Waals surface area contributed by atoms with Gasteiger partial charge in [-0.15, -0.1) is 0 Å². The number of carboxylic acid groups (broad SMARTS) is 1. The molecule has 1 aromatic carbocycles. The fraction of sp³-hybridized carbons (Fsp3) is 0.519. The summed E-state index contributed by atoms with van der Waals surface area (Å²) in [6.07, 6.45) is 6.53. The minimum atomic E-state index is -1.11. The number of ether oxygens (including phenoxy) is 1. The Kier molecular flexibility index (Phi) is 8.71. The molecule has 1 aromatic heterocycles. The van der Waals surface area contributed by atoms with Crippen LogP contribution in [0.25, 0.3) is 0 Å². The molecular formula is C27H35N3O5. The molecule has 0 radical (unpaired) electrons. The van der Waals surface area contributed by atoms with E-state index in [2.05, 4.69) is 22.8 Å². The van der Waals surface area contributed by atoms with Gasteiger partial charge in [0.05, 0.1) is 18.6 Å². The maximum absolute atomic E-state index is 12.6. The Balaban J connectivity index is 1.15. The smallest absolute Gasteiger partial charge is 0.326 e. The number of benzene rings is 1. The van der Waals surface area contributed by atoms with E-state index in [4.69, 9.17) is 9.72 Å². The van der Waals surface area contributed by atoms with Gasteiger partial charge in [0.15, 0.2) is 0 Å². The summed E-state index contributed by atoms with van der Waals surface area (Å²) in [6.45, 7) is 0.869. The highest BCUT2D eigenvalue weighted by Crippen LogP contribution is 2.34. The lowest BCUT2D eigenvalue weighted by Crippen LogP contribution is -2.44. The number of hydrogen-bond acceptors (Lipinski definition) is 6. The van der Waals surface area contributed by atoms with Crippen LogP contribution in [0.4, 0.5) is 5.82 Å². The zero-order valence-electron chi connectivity index (χ0n) is 20.0. The van der Waals surface area contributed by atoms with Crippen LogP contribution >= 0.6 is 0 Å². The molecule has 2 heterocycles. The highest BCUT2D eigenvalue weighted by molar-refractivity contribution is 5.88. The van der Waals surface area contributed by atoms with E-state index in [9.17, 15) is 19.8 Å². The third-order valence-electron chi connectivity index (χ3n) is 7.03. The average molecular weight is 482 g/mol. The number of rotatable bonds is 12. The van der Waals surface area contributed by atoms with Crippen LogP contribution in [0, 0.1) is 5.92 Å². The molecule has 1 saturated carbocycles. The molecule has 2 aromatic rings. The molecule has 188 valence electrons. The summed E-state index contributed by atoms with van der Waals surface area (Å²) < 4.78 is 5.88. The average Bonchev–Trinajstić information content (AvgIpc) is 2.85. The van der Waals surface area contributed by atoms with Gasteiger partial charge >= 0.3 is 5.97 Å². The fourth-order valence-electron chi connectivity index (χ4n) is 4.81. The number of aromatic nitrogens is 1. The number of fused-ring (bicyclic) bond motifs is 1. The van der Waals surface area contributed by atoms with Crippen molar-refractivity contribution >= 4 is 17.7 Å². The summed E-state index contributed by atoms with van der Waals surface area (Å²) in [4.78, 5) is 29.0. The predicted octanol–water partition coefficient (Wildman–Crippen LogP) is 2.90. The number of carbonyl (C=O) groups is 2. The molecule has 8 heteroatoms. The Labute approximate surface area is 206 Å². The van der Waals surface area contributed by atoms with Crippen molar-refractivity contribution in [3.8, 4) is 0 Å². The third-order valence-corrected chi connectivity index (χ3v) is 7.03. The monoisotopic (exact) mass is 481 g/mol. The first-order valence-corrected chi connectivity index (χ1v) is 12.6. The lowest BCUT2D eigenvalue weighted by Gasteiger charge is -2.35. The fourth-order valence-corrected chi connectivity index (χ4v) is 4.81. The summed E-state index contributed by atoms with van der Waals surface area (Å²) in [5.41, 5.74) is 3.08. The maximum atomic E-state index is 12.6. The Morgan fingerprint density at radius 3 is 2.71 bits per heavy atom. The van der Waals surface area contributed by atoms with Crippen LogP contribution in [-0.2, 0) is 27.2 Å². The SMILES string of the molecule is O=C(O)[C@H](CCO[C@H]1C[C@H](CCc2ccc3c(n2)NCCC3)C1)NC(=O)[C@@H](CO)c1ccccc1. The Morgan fingerprint density at radius 1 is 1.17 bits per heavy atom. The van der Waals surface area contributed by atoms with Gasteiger partial charge in [-0.25, -0.2) is 9.78 Å². The first kappa shape index (κ1) is 25.1. The number of pyridine rings is 1. The maximum Gasteiger partial charge on any atom is 0.326 e. The Morgan fingerprint density at radius 2 is 1.97 bits per heavy atom. The lowest BCUT2D eigenvalue weighted by molar-refractivity contribution is -0.143. The summed E-state index contributed by atoms with van der Waals surface area (Å²) in [6, 6.07) is 12.1. The summed E-state index contributed by atoms with van der Waals surface area (Å²) in [5.74, 6) is -0.771. The molecule has 35 heavy (non-hydrogen) atoms. The molecule has 1 fully saturated rings. The number of carbonyl (C=O) groups excluding carboxylic acids is 1. The second-order valence-electron chi connectivity index (χ2n) is 9.54. The van der Waals surface area contributed by atoms with Gasteiger partial charge in [0, 0.05) is 25.3 Å². The topological polar surface area (TPSA) is 121 Å². The first-order valence-electron chi connectivity index (χ1n) is 12.6. The van der Waals surface area contributed by atoms with Crippen LogP contribution in [0.1, 0.15) is 54.8 Å². The van der Waals surface area contributed by atoms with Gasteiger partial charge in [-0.1, -0.05) is 36.4 Å². The molecule has 2 aliphatic rings. The van der Waals surface area contributed by atoms with Crippen molar-refractivity contribution in [2.75, 3.05) is 25.1 Å². The number of nitrogens with one attached hydrogen (secondary N) is 2. The number of carboxylic acids is 1. The number of hydrogen-bond donors (Lipinski definition) is 4. The highest BCUT2D eigenvalue weighted by Gasteiger charge is 2.31. The normalized spacial score (nSPS) is 20.6. The minimum absolute atomic E-state index is 0.137. The quantitative estimate of drug-likeness (QED) is 0.368. The predicted molar refractivity (Wildman–Crippen MR) is 132 cm³/mol. The second kappa shape index (κ2) is 12.1. The van der Waals surface area contributed by atoms with E-state index < -0.39 is 23.8 Å². The molecule has 1 aliphatic carbocycles. The minimum Gasteiger partial charge on any atom is -0.480 e. The number of nitrogens with zero attached hydrogens (tertiary/aromatic N) is 1. The summed E-state index contributed by atoms with van der Waals surface area (Å²) in [7, 11) is 0. The van der Waals surface area contributed by atoms with Crippen molar-refractivity contribution in [2.24, 2.45) is 5.92 Å². The van der Waals surface area contributed by atoms with Gasteiger partial charge in [-0.05, 0) is 61.6 Å². The summed E-state index contributed by atoms with van der Waals surface area (Å²) >= 11 is 0. The lowest BCUT2D eigenvalue weighted by atomic mass is 9.79. The zero-order chi connectivity index (χ0) is 24.6. The number of amides is 1. The molecule has 1 amide bonds. The molecule has 0 spiro atoms. The van der Waals surface area contributed by atoms with E-state index in [0.29, 0.717) is 11.5 Å². The van der Waals surface area contributed by atoms with Gasteiger partial charge in [0.2, 0.25) is 5.91 Å². The third kappa shape index (κ3) is 6.80. The van der Waals surface area contributed by atoms with Crippen LogP contribution in [0.5, 0.6) is 0 Å². The number of aliphatic hydroxyl groups excluding tert-OH is 1. The van der Waals surface area contributed by atoms with Crippen LogP contribution in [-0.4, -0.2) is 59.0 Å². The van der Waals surface area contributed by atoms with Crippen LogP contribution in [0.15, 0.2) is 42.5 Å². The first-order chi connectivity index (χ1) is 17.0. The Bertz CT molecular complexity index is 994. The van der Waals surface area contributed by atoms with Gasteiger partial charge in [0.25, 0.3) is 0 Å². The van der Waals surface area contributed by atoms with E-state index in [-0.39, 0.29) is 25.7 Å². The molecule has 0 unspecified atom stereocenters. The van der Waals surface area contributed by atoms with Gasteiger partial charge < -0.3 is 25.6 Å². The molecule has 0 saturated heterocycles. The van der Waals surface area contributed by atoms with Crippen molar-refractivity contribution in [2.45, 2.75) is 63.0 Å². The molecule has 4 N–H and O–H groups in total. The van der Waals surface area contributed by atoms with E-state index in [1.54, 1.807) is 24.3 Å². The van der Waals surface area contributed by atoms with Crippen LogP contribution < -0.4 is 10.6 Å². The number of aryl methyl sites for hydroxylation is 2. The molecular weight excluding hydrogens is 446 g/mol. The van der Waals surface area contributed by atoms with Crippen molar-refractivity contribution in [1.29, 1.82) is 0 Å².